The Morgan fingerprint density at radius 1 is 0.968 bits per heavy atom. The van der Waals surface area contributed by atoms with Crippen LogP contribution >= 0.6 is 0 Å². The summed E-state index contributed by atoms with van der Waals surface area (Å²) in [6.45, 7) is 0.167. The predicted molar refractivity (Wildman–Crippen MR) is 120 cm³/mol. The smallest absolute Gasteiger partial charge is 0.137 e. The summed E-state index contributed by atoms with van der Waals surface area (Å²) in [4.78, 5) is 11.6. The summed E-state index contributed by atoms with van der Waals surface area (Å²) in [6.07, 6.45) is 7.71. The molecule has 6 rings (SSSR count). The molecule has 160 valence electrons. The summed E-state index contributed by atoms with van der Waals surface area (Å²) in [5.41, 5.74) is 4.35. The Bertz CT molecular complexity index is 1220. The summed E-state index contributed by atoms with van der Waals surface area (Å²) in [6, 6.07) is 12.2. The second kappa shape index (κ2) is 6.84. The van der Waals surface area contributed by atoms with Gasteiger partial charge in [-0.25, -0.2) is 4.98 Å². The number of fused-ring (bicyclic) bond motifs is 2. The highest BCUT2D eigenvalue weighted by molar-refractivity contribution is 6.00. The van der Waals surface area contributed by atoms with Gasteiger partial charge in [-0.1, -0.05) is 6.42 Å². The monoisotopic (exact) mass is 417 g/mol. The normalized spacial score (nSPS) is 19.3. The van der Waals surface area contributed by atoms with E-state index in [0.29, 0.717) is 0 Å². The van der Waals surface area contributed by atoms with Crippen molar-refractivity contribution in [2.45, 2.75) is 49.5 Å². The molecular weight excluding hydrogens is 390 g/mol. The zero-order valence-electron chi connectivity index (χ0n) is 17.4. The molecule has 2 aliphatic rings. The standard InChI is InChI=1S/C25H27N3O3/c29-14-24(7-2-8-24)22-21(20-12-16-4-1-11-26-23(16)28-20)18-13-17(5-6-19(18)27-22)31-25(15-30)9-3-10-25/h1,4-6,11-13,27,29-30H,2-3,7-10,14-15H2,(H,26,28). The third-order valence-electron chi connectivity index (χ3n) is 7.46. The molecule has 0 unspecified atom stereocenters. The molecule has 2 saturated carbocycles. The summed E-state index contributed by atoms with van der Waals surface area (Å²) in [5.74, 6) is 0.772. The van der Waals surface area contributed by atoms with Gasteiger partial charge < -0.3 is 24.9 Å². The third-order valence-corrected chi connectivity index (χ3v) is 7.46. The van der Waals surface area contributed by atoms with Crippen LogP contribution in [0.15, 0.2) is 42.6 Å². The number of aliphatic hydroxyl groups excluding tert-OH is 2. The molecule has 0 saturated heterocycles. The number of aliphatic hydroxyl groups is 2. The lowest BCUT2D eigenvalue weighted by molar-refractivity contribution is -0.0514. The second-order valence-corrected chi connectivity index (χ2v) is 9.30. The molecular formula is C25H27N3O3. The van der Waals surface area contributed by atoms with Crippen molar-refractivity contribution in [3.63, 3.8) is 0 Å². The van der Waals surface area contributed by atoms with Crippen molar-refractivity contribution >= 4 is 21.9 Å². The van der Waals surface area contributed by atoms with E-state index in [1.807, 2.05) is 18.2 Å². The Morgan fingerprint density at radius 2 is 1.81 bits per heavy atom. The quantitative estimate of drug-likeness (QED) is 0.374. The van der Waals surface area contributed by atoms with Crippen LogP contribution in [-0.4, -0.2) is 44.0 Å². The molecule has 2 fully saturated rings. The van der Waals surface area contributed by atoms with Gasteiger partial charge in [0.2, 0.25) is 0 Å². The van der Waals surface area contributed by atoms with E-state index in [0.717, 1.165) is 83.2 Å². The first kappa shape index (κ1) is 18.9. The van der Waals surface area contributed by atoms with Gasteiger partial charge >= 0.3 is 0 Å². The lowest BCUT2D eigenvalue weighted by atomic mass is 9.66. The van der Waals surface area contributed by atoms with Gasteiger partial charge in [0.05, 0.1) is 18.9 Å². The minimum Gasteiger partial charge on any atom is -0.485 e. The molecule has 1 aromatic carbocycles. The average Bonchev–Trinajstić information content (AvgIpc) is 3.31. The van der Waals surface area contributed by atoms with Crippen LogP contribution in [0.1, 0.15) is 44.2 Å². The van der Waals surface area contributed by atoms with Gasteiger partial charge in [-0.3, -0.25) is 0 Å². The van der Waals surface area contributed by atoms with Crippen LogP contribution in [-0.2, 0) is 5.41 Å². The molecule has 0 spiro atoms. The van der Waals surface area contributed by atoms with Crippen molar-refractivity contribution in [1.29, 1.82) is 0 Å². The number of H-pyrrole nitrogens is 2. The summed E-state index contributed by atoms with van der Waals surface area (Å²) in [5, 5.41) is 22.3. The molecule has 0 aliphatic heterocycles. The van der Waals surface area contributed by atoms with Gasteiger partial charge in [0.1, 0.15) is 17.0 Å². The van der Waals surface area contributed by atoms with E-state index in [1.165, 1.54) is 0 Å². The second-order valence-electron chi connectivity index (χ2n) is 9.30. The average molecular weight is 418 g/mol. The first-order valence-corrected chi connectivity index (χ1v) is 11.2. The molecule has 3 aromatic heterocycles. The molecule has 2 aliphatic carbocycles. The number of hydrogen-bond acceptors (Lipinski definition) is 4. The van der Waals surface area contributed by atoms with Gasteiger partial charge in [0.25, 0.3) is 0 Å². The number of benzene rings is 1. The third kappa shape index (κ3) is 2.82. The maximum Gasteiger partial charge on any atom is 0.137 e. The fraction of sp³-hybridized carbons (Fsp3) is 0.400. The Morgan fingerprint density at radius 3 is 2.45 bits per heavy atom. The Labute approximate surface area is 180 Å². The fourth-order valence-corrected chi connectivity index (χ4v) is 5.21. The molecule has 0 amide bonds. The number of nitrogens with one attached hydrogen (secondary N) is 2. The zero-order valence-corrected chi connectivity index (χ0v) is 17.4. The topological polar surface area (TPSA) is 94.2 Å². The van der Waals surface area contributed by atoms with Crippen LogP contribution in [0.5, 0.6) is 5.75 Å². The lowest BCUT2D eigenvalue weighted by Gasteiger charge is -2.40. The summed E-state index contributed by atoms with van der Waals surface area (Å²) >= 11 is 0. The fourth-order valence-electron chi connectivity index (χ4n) is 5.21. The Balaban J connectivity index is 1.54. The van der Waals surface area contributed by atoms with Crippen LogP contribution in [0.4, 0.5) is 0 Å². The van der Waals surface area contributed by atoms with Crippen LogP contribution in [0.25, 0.3) is 33.2 Å². The first-order chi connectivity index (χ1) is 15.2. The largest absolute Gasteiger partial charge is 0.485 e. The molecule has 3 heterocycles. The van der Waals surface area contributed by atoms with E-state index in [2.05, 4.69) is 33.2 Å². The van der Waals surface area contributed by atoms with E-state index >= 15 is 0 Å². The molecule has 4 aromatic rings. The first-order valence-electron chi connectivity index (χ1n) is 11.2. The predicted octanol–water partition coefficient (Wildman–Crippen LogP) is 4.42. The van der Waals surface area contributed by atoms with Gasteiger partial charge in [0.15, 0.2) is 0 Å². The Kier molecular flexibility index (Phi) is 4.17. The maximum absolute atomic E-state index is 10.3. The minimum absolute atomic E-state index is 0.0393. The van der Waals surface area contributed by atoms with Crippen molar-refractivity contribution in [3.8, 4) is 17.0 Å². The van der Waals surface area contributed by atoms with Crippen molar-refractivity contribution in [2.75, 3.05) is 13.2 Å². The van der Waals surface area contributed by atoms with E-state index in [1.54, 1.807) is 6.20 Å². The van der Waals surface area contributed by atoms with Crippen LogP contribution in [0.2, 0.25) is 0 Å². The van der Waals surface area contributed by atoms with Gasteiger partial charge in [-0.2, -0.15) is 0 Å². The highest BCUT2D eigenvalue weighted by Crippen LogP contribution is 2.49. The highest BCUT2D eigenvalue weighted by Gasteiger charge is 2.42. The van der Waals surface area contributed by atoms with Gasteiger partial charge in [0, 0.05) is 39.2 Å². The molecule has 6 nitrogen and oxygen atoms in total. The van der Waals surface area contributed by atoms with Crippen molar-refractivity contribution in [3.05, 3.63) is 48.3 Å². The molecule has 4 N–H and O–H groups in total. The number of aromatic nitrogens is 3. The molecule has 0 bridgehead atoms. The SMILES string of the molecule is OCC1(Oc2ccc3[nH]c(C4(CO)CCC4)c(-c4cc5cccnc5[nH]4)c3c2)CCC1. The van der Waals surface area contributed by atoms with E-state index in [-0.39, 0.29) is 18.6 Å². The molecule has 0 atom stereocenters. The van der Waals surface area contributed by atoms with Crippen LogP contribution in [0.3, 0.4) is 0 Å². The number of pyridine rings is 1. The number of aromatic amines is 2. The zero-order chi connectivity index (χ0) is 21.1. The Hall–Kier alpha value is -2.83. The van der Waals surface area contributed by atoms with Crippen molar-refractivity contribution in [1.82, 2.24) is 15.0 Å². The van der Waals surface area contributed by atoms with Crippen LogP contribution in [0, 0.1) is 0 Å². The molecule has 31 heavy (non-hydrogen) atoms. The number of nitrogens with zero attached hydrogens (tertiary/aromatic N) is 1. The van der Waals surface area contributed by atoms with E-state index in [4.69, 9.17) is 4.74 Å². The number of rotatable bonds is 6. The number of ether oxygens (including phenoxy) is 1. The van der Waals surface area contributed by atoms with Crippen molar-refractivity contribution in [2.24, 2.45) is 0 Å². The van der Waals surface area contributed by atoms with E-state index < -0.39 is 5.60 Å². The van der Waals surface area contributed by atoms with Gasteiger partial charge in [-0.15, -0.1) is 0 Å². The summed E-state index contributed by atoms with van der Waals surface area (Å²) in [7, 11) is 0. The molecule has 0 radical (unpaired) electrons. The minimum atomic E-state index is -0.446. The van der Waals surface area contributed by atoms with Crippen molar-refractivity contribution < 1.29 is 14.9 Å². The maximum atomic E-state index is 10.3. The molecule has 6 heteroatoms. The highest BCUT2D eigenvalue weighted by atomic mass is 16.5. The van der Waals surface area contributed by atoms with E-state index in [9.17, 15) is 10.2 Å². The summed E-state index contributed by atoms with van der Waals surface area (Å²) < 4.78 is 6.27. The number of hydrogen-bond donors (Lipinski definition) is 4. The van der Waals surface area contributed by atoms with Gasteiger partial charge in [-0.05, 0) is 68.5 Å². The van der Waals surface area contributed by atoms with Crippen LogP contribution < -0.4 is 4.74 Å². The lowest BCUT2D eigenvalue weighted by Crippen LogP contribution is -2.46.